The van der Waals surface area contributed by atoms with Gasteiger partial charge in [-0.15, -0.1) is 23.1 Å². The first-order valence-corrected chi connectivity index (χ1v) is 18.4. The summed E-state index contributed by atoms with van der Waals surface area (Å²) in [7, 11) is 0. The molecule has 0 aliphatic carbocycles. The molecule has 9 N–H and O–H groups in total. The Hall–Kier alpha value is -5.81. The summed E-state index contributed by atoms with van der Waals surface area (Å²) >= 11 is 2.13. The number of nitrogen functional groups attached to an aromatic ring is 1. The summed E-state index contributed by atoms with van der Waals surface area (Å²) in [4.78, 5) is 97.3. The molecule has 3 saturated heterocycles. The molecule has 2 aromatic rings. The van der Waals surface area contributed by atoms with E-state index >= 15 is 0 Å². The van der Waals surface area contributed by atoms with Crippen molar-refractivity contribution in [3.63, 3.8) is 0 Å². The number of halogens is 1. The Balaban J connectivity index is 1.12. The number of aromatic hydroxyl groups is 2. The molecule has 3 amide bonds. The summed E-state index contributed by atoms with van der Waals surface area (Å²) in [5.41, 5.74) is 4.35. The van der Waals surface area contributed by atoms with Crippen LogP contribution in [0.1, 0.15) is 35.3 Å². The van der Waals surface area contributed by atoms with E-state index in [1.54, 1.807) is 0 Å². The molecule has 4 aliphatic rings. The van der Waals surface area contributed by atoms with Gasteiger partial charge in [-0.05, 0) is 12.1 Å². The second kappa shape index (κ2) is 14.8. The van der Waals surface area contributed by atoms with E-state index in [1.165, 1.54) is 17.1 Å². The van der Waals surface area contributed by atoms with Gasteiger partial charge in [-0.3, -0.25) is 28.9 Å². The molecule has 1 aromatic heterocycles. The van der Waals surface area contributed by atoms with Gasteiger partial charge in [-0.25, -0.2) is 19.0 Å². The smallest absolute Gasteiger partial charge is 0.352 e. The van der Waals surface area contributed by atoms with Gasteiger partial charge in [-0.1, -0.05) is 5.16 Å². The number of rotatable bonds is 15. The minimum atomic E-state index is -1.96. The molecule has 23 heteroatoms. The van der Waals surface area contributed by atoms with Crippen LogP contribution >= 0.6 is 23.1 Å². The van der Waals surface area contributed by atoms with E-state index in [-0.39, 0.29) is 35.4 Å². The Labute approximate surface area is 317 Å². The molecule has 1 aromatic carbocycles. The number of hydrogen-bond donors (Lipinski definition) is 8. The van der Waals surface area contributed by atoms with Crippen molar-refractivity contribution in [1.82, 2.24) is 20.5 Å². The van der Waals surface area contributed by atoms with Crippen LogP contribution in [0.4, 0.5) is 9.52 Å². The Kier molecular flexibility index (Phi) is 10.5. The Morgan fingerprint density at radius 3 is 2.44 bits per heavy atom. The van der Waals surface area contributed by atoms with Crippen LogP contribution in [0.5, 0.6) is 11.5 Å². The predicted molar refractivity (Wildman–Crippen MR) is 186 cm³/mol. The Morgan fingerprint density at radius 1 is 1.13 bits per heavy atom. The molecular weight excluding hydrogens is 774 g/mol. The molecule has 5 heterocycles. The number of nitrogens with zero attached hydrogens (tertiary/aromatic N) is 4. The second-order valence-electron chi connectivity index (χ2n) is 13.6. The number of thioether (sulfide) groups is 1. The number of amides is 3. The van der Waals surface area contributed by atoms with Crippen LogP contribution < -0.4 is 16.4 Å². The number of quaternary nitrogens is 1. The molecule has 0 radical (unpaired) electrons. The lowest BCUT2D eigenvalue weighted by Gasteiger charge is -2.50. The molecule has 2 bridgehead atoms. The fourth-order valence-electron chi connectivity index (χ4n) is 7.32. The van der Waals surface area contributed by atoms with Crippen molar-refractivity contribution in [3.8, 4) is 11.5 Å². The molecule has 6 rings (SSSR count). The zero-order chi connectivity index (χ0) is 40.0. The number of aromatic nitrogens is 1. The van der Waals surface area contributed by atoms with E-state index in [4.69, 9.17) is 15.7 Å². The van der Waals surface area contributed by atoms with Gasteiger partial charge in [0.2, 0.25) is 11.9 Å². The molecule has 0 unspecified atom stereocenters. The molecule has 0 saturated carbocycles. The zero-order valence-corrected chi connectivity index (χ0v) is 30.0. The number of Topliss-reactive ketones (excluding diaryl/α,β-unsaturated/α-hetero) is 1. The number of piperidine rings is 1. The molecule has 3 atom stereocenters. The third-order valence-electron chi connectivity index (χ3n) is 9.99. The van der Waals surface area contributed by atoms with E-state index in [1.807, 2.05) is 0 Å². The molecule has 20 nitrogen and oxygen atoms in total. The van der Waals surface area contributed by atoms with Gasteiger partial charge in [0.1, 0.15) is 29.4 Å². The Morgan fingerprint density at radius 2 is 1.84 bits per heavy atom. The van der Waals surface area contributed by atoms with Crippen LogP contribution in [0.15, 0.2) is 33.9 Å². The third kappa shape index (κ3) is 7.62. The summed E-state index contributed by atoms with van der Waals surface area (Å²) in [5.74, 6) is -11.4. The number of fused-ring (bicyclic) bond motifs is 3. The number of nitrogens with one attached hydrogen (secondary N) is 2. The summed E-state index contributed by atoms with van der Waals surface area (Å²) < 4.78 is 14.3. The number of ketones is 1. The van der Waals surface area contributed by atoms with Crippen molar-refractivity contribution in [1.29, 1.82) is 0 Å². The lowest BCUT2D eigenvalue weighted by atomic mass is 9.84. The number of hydrogen-bond acceptors (Lipinski definition) is 15. The number of β-lactam (4-membered cyclic amide) rings is 1. The number of aliphatic carboxylic acids is 3. The van der Waals surface area contributed by atoms with Gasteiger partial charge in [0.25, 0.3) is 17.7 Å². The van der Waals surface area contributed by atoms with Crippen molar-refractivity contribution in [2.75, 3.05) is 44.2 Å². The maximum Gasteiger partial charge on any atom is 0.352 e. The number of benzene rings is 1. The number of oxime groups is 1. The predicted octanol–water partition coefficient (Wildman–Crippen LogP) is -0.727. The summed E-state index contributed by atoms with van der Waals surface area (Å²) in [6.07, 6.45) is -1.66. The lowest BCUT2D eigenvalue weighted by Crippen LogP contribution is -2.71. The molecule has 3 fully saturated rings. The van der Waals surface area contributed by atoms with Gasteiger partial charge in [0.05, 0.1) is 26.1 Å². The number of thiazole rings is 1. The van der Waals surface area contributed by atoms with Crippen molar-refractivity contribution in [3.05, 3.63) is 45.9 Å². The number of carboxylic acid groups (broad SMARTS) is 3. The molecule has 55 heavy (non-hydrogen) atoms. The number of nitrogens with two attached hydrogens (primary N) is 1. The van der Waals surface area contributed by atoms with Crippen molar-refractivity contribution >= 4 is 75.4 Å². The van der Waals surface area contributed by atoms with E-state index < -0.39 is 99.4 Å². The van der Waals surface area contributed by atoms with Crippen LogP contribution in [0, 0.1) is 11.2 Å². The van der Waals surface area contributed by atoms with Crippen LogP contribution in [0.2, 0.25) is 0 Å². The molecule has 4 aliphatic heterocycles. The number of carbonyl (C=O) groups excluding carboxylic acids is 4. The van der Waals surface area contributed by atoms with Crippen LogP contribution in [-0.2, 0) is 33.6 Å². The highest BCUT2D eigenvalue weighted by Gasteiger charge is 2.58. The van der Waals surface area contributed by atoms with Gasteiger partial charge in [0, 0.05) is 47.1 Å². The maximum atomic E-state index is 13.8. The monoisotopic (exact) mass is 806 g/mol. The highest BCUT2D eigenvalue weighted by Crippen LogP contribution is 2.48. The number of carbonyl (C=O) groups is 7. The van der Waals surface area contributed by atoms with Crippen LogP contribution in [0.3, 0.4) is 0 Å². The van der Waals surface area contributed by atoms with Crippen LogP contribution in [0.25, 0.3) is 0 Å². The molecule has 292 valence electrons. The Bertz CT molecular complexity index is 2060. The van der Waals surface area contributed by atoms with E-state index in [0.717, 1.165) is 22.3 Å². The quantitative estimate of drug-likeness (QED) is 0.0209. The summed E-state index contributed by atoms with van der Waals surface area (Å²) in [6, 6.07) is 0.207. The first-order chi connectivity index (χ1) is 25.9. The van der Waals surface area contributed by atoms with Gasteiger partial charge >= 0.3 is 17.9 Å². The first kappa shape index (κ1) is 38.9. The van der Waals surface area contributed by atoms with E-state index in [2.05, 4.69) is 20.8 Å². The topological polar surface area (TPSA) is 308 Å². The van der Waals surface area contributed by atoms with E-state index in [0.29, 0.717) is 48.6 Å². The van der Waals surface area contributed by atoms with Crippen molar-refractivity contribution in [2.45, 2.75) is 36.8 Å². The molecule has 0 spiro atoms. The summed E-state index contributed by atoms with van der Waals surface area (Å²) in [5, 5.41) is 56.8. The standard InChI is InChI=1S/C32H32FN7O13S2/c33-15-5-13(6-17(41)24(15)45)23(44)26(47)35-11-32-1-3-40(12-32,4-2-32)8-14-9-54-28-21(27(48)39(28)22(14)30(51)52)37-25(46)20(16-10-55-31(34)36-16)38-53-18(29(49)50)7-19(42)43/h5-6,10,18,21,28H,1-4,7-9,11-12H2,(H8-,34,35,36,37,38,41,42,43,44,45,46,47,49,50,51,52)/p+1/t18-,21-,28-,32?,40?/m1/s1. The number of phenolic OH excluding ortho intramolecular Hbond substituents is 2. The SMILES string of the molecule is Nc1nc(/C(=N/O[C@H](CC(=O)O)C(=O)O)C(=O)N[C@@H]2C(=O)N3C(C(=O)O)=C(C[N+]45CCC(CNC(=O)C(=O)c6cc(O)c(O)c(F)c6)(CC4)C5)CS[C@H]23)cs1. The fraction of sp³-hybridized carbons (Fsp3) is 0.406. The van der Waals surface area contributed by atoms with Crippen LogP contribution in [-0.4, -0.2) is 143 Å². The number of anilines is 1. The highest BCUT2D eigenvalue weighted by molar-refractivity contribution is 8.00. The highest BCUT2D eigenvalue weighted by atomic mass is 32.2. The average Bonchev–Trinajstić information content (AvgIpc) is 3.83. The molecular formula is C32H33FN7O13S2+. The maximum absolute atomic E-state index is 13.8. The first-order valence-electron chi connectivity index (χ1n) is 16.4. The minimum absolute atomic E-state index is 0.0122. The normalized spacial score (nSPS) is 24.8. The number of phenols is 2. The van der Waals surface area contributed by atoms with E-state index in [9.17, 15) is 58.4 Å². The second-order valence-corrected chi connectivity index (χ2v) is 15.6. The minimum Gasteiger partial charge on any atom is -0.504 e. The van der Waals surface area contributed by atoms with Gasteiger partial charge in [-0.2, -0.15) is 0 Å². The van der Waals surface area contributed by atoms with Gasteiger partial charge in [0.15, 0.2) is 28.2 Å². The van der Waals surface area contributed by atoms with Crippen molar-refractivity contribution < 1.29 is 72.8 Å². The summed E-state index contributed by atoms with van der Waals surface area (Å²) in [6.45, 7) is 2.17. The largest absolute Gasteiger partial charge is 0.504 e. The van der Waals surface area contributed by atoms with Crippen molar-refractivity contribution in [2.24, 2.45) is 10.6 Å². The fourth-order valence-corrected chi connectivity index (χ4v) is 9.20. The average molecular weight is 807 g/mol. The lowest BCUT2D eigenvalue weighted by molar-refractivity contribution is -0.904. The third-order valence-corrected chi connectivity index (χ3v) is 12.0. The number of carboxylic acids is 3. The van der Waals surface area contributed by atoms with Gasteiger partial charge < -0.3 is 51.2 Å². The zero-order valence-electron chi connectivity index (χ0n) is 28.4.